The van der Waals surface area contributed by atoms with E-state index >= 15 is 0 Å². The van der Waals surface area contributed by atoms with Crippen molar-refractivity contribution in [3.05, 3.63) is 36.3 Å². The summed E-state index contributed by atoms with van der Waals surface area (Å²) in [6.07, 6.45) is -1.84. The van der Waals surface area contributed by atoms with Crippen molar-refractivity contribution in [1.82, 2.24) is 15.0 Å². The average Bonchev–Trinajstić information content (AvgIpc) is 2.52. The fraction of sp³-hybridized carbons (Fsp3) is 0.333. The van der Waals surface area contributed by atoms with Crippen LogP contribution in [0.3, 0.4) is 0 Å². The Morgan fingerprint density at radius 2 is 2.08 bits per heavy atom. The number of pyridine rings is 1. The van der Waals surface area contributed by atoms with E-state index in [-0.39, 0.29) is 31.2 Å². The number of halogens is 3. The van der Waals surface area contributed by atoms with Gasteiger partial charge >= 0.3 is 6.18 Å². The lowest BCUT2D eigenvalue weighted by Crippen LogP contribution is -2.62. The summed E-state index contributed by atoms with van der Waals surface area (Å²) in [4.78, 5) is 13.1. The minimum Gasteiger partial charge on any atom is -0.385 e. The molecule has 0 aliphatic carbocycles. The largest absolute Gasteiger partial charge is 0.433 e. The zero-order valence-electron chi connectivity index (χ0n) is 12.3. The number of aliphatic hydroxyl groups is 1. The number of nitriles is 1. The predicted molar refractivity (Wildman–Crippen MR) is 77.7 cm³/mol. The normalized spacial score (nSPS) is 16.4. The van der Waals surface area contributed by atoms with Gasteiger partial charge < -0.3 is 10.0 Å². The Kier molecular flexibility index (Phi) is 3.85. The van der Waals surface area contributed by atoms with Gasteiger partial charge in [-0.15, -0.1) is 0 Å². The molecule has 1 aliphatic rings. The number of β-amino-alcohol motifs (C(OH)–C–C–N with tert-alkyl or cyclic N) is 1. The van der Waals surface area contributed by atoms with Gasteiger partial charge in [0, 0.05) is 24.0 Å². The summed E-state index contributed by atoms with van der Waals surface area (Å²) in [6.45, 7) is 0.0860. The number of nitrogens with zero attached hydrogens (tertiary/aromatic N) is 5. The van der Waals surface area contributed by atoms with E-state index in [1.54, 1.807) is 12.1 Å². The van der Waals surface area contributed by atoms with Gasteiger partial charge in [-0.05, 0) is 12.1 Å². The molecule has 1 fully saturated rings. The van der Waals surface area contributed by atoms with Crippen LogP contribution < -0.4 is 4.90 Å². The summed E-state index contributed by atoms with van der Waals surface area (Å²) in [5.41, 5.74) is -1.92. The van der Waals surface area contributed by atoms with Gasteiger partial charge in [0.15, 0.2) is 11.5 Å². The van der Waals surface area contributed by atoms with Crippen LogP contribution >= 0.6 is 0 Å². The Morgan fingerprint density at radius 1 is 1.33 bits per heavy atom. The molecule has 9 heteroatoms. The predicted octanol–water partition coefficient (Wildman–Crippen LogP) is 2.02. The Labute approximate surface area is 135 Å². The molecule has 0 radical (unpaired) electrons. The van der Waals surface area contributed by atoms with Crippen molar-refractivity contribution in [2.75, 3.05) is 18.0 Å². The van der Waals surface area contributed by atoms with E-state index < -0.39 is 17.5 Å². The second-order valence-corrected chi connectivity index (χ2v) is 5.59. The van der Waals surface area contributed by atoms with E-state index in [2.05, 4.69) is 15.0 Å². The maximum atomic E-state index is 13.1. The zero-order chi connectivity index (χ0) is 17.4. The molecular weight excluding hydrogens is 323 g/mol. The van der Waals surface area contributed by atoms with Gasteiger partial charge in [0.25, 0.3) is 0 Å². The Balaban J connectivity index is 1.97. The van der Waals surface area contributed by atoms with Crippen molar-refractivity contribution in [1.29, 1.82) is 5.26 Å². The van der Waals surface area contributed by atoms with Gasteiger partial charge in [0.1, 0.15) is 11.4 Å². The molecular formula is C15H12F3N5O. The third kappa shape index (κ3) is 3.14. The topological polar surface area (TPSA) is 85.9 Å². The summed E-state index contributed by atoms with van der Waals surface area (Å²) in [6, 6.07) is 5.84. The molecule has 6 nitrogen and oxygen atoms in total. The van der Waals surface area contributed by atoms with Gasteiger partial charge in [-0.3, -0.25) is 4.98 Å². The molecule has 3 rings (SSSR count). The highest BCUT2D eigenvalue weighted by Crippen LogP contribution is 2.34. The van der Waals surface area contributed by atoms with Gasteiger partial charge in [-0.1, -0.05) is 0 Å². The highest BCUT2D eigenvalue weighted by atomic mass is 19.4. The first-order valence-corrected chi connectivity index (χ1v) is 7.02. The molecule has 124 valence electrons. The standard InChI is InChI=1S/C15H12F3N5O/c16-15(17,18)11-6-12(23-8-14(24,9-23)3-4-19)22-13(21-11)10-2-1-5-20-7-10/h1-2,5-7,24H,3,8-9H2. The third-order valence-corrected chi connectivity index (χ3v) is 3.63. The van der Waals surface area contributed by atoms with Crippen molar-refractivity contribution >= 4 is 5.82 Å². The number of aromatic nitrogens is 3. The first-order valence-electron chi connectivity index (χ1n) is 7.02. The van der Waals surface area contributed by atoms with Gasteiger partial charge in [0.05, 0.1) is 25.6 Å². The average molecular weight is 335 g/mol. The second-order valence-electron chi connectivity index (χ2n) is 5.59. The summed E-state index contributed by atoms with van der Waals surface area (Å²) >= 11 is 0. The SMILES string of the molecule is N#CCC1(O)CN(c2cc(C(F)(F)F)nc(-c3cccnc3)n2)C1. The van der Waals surface area contributed by atoms with Gasteiger partial charge in [-0.2, -0.15) is 18.4 Å². The first-order chi connectivity index (χ1) is 11.3. The van der Waals surface area contributed by atoms with Crippen LogP contribution in [0.15, 0.2) is 30.6 Å². The molecule has 0 saturated carbocycles. The molecule has 0 atom stereocenters. The zero-order valence-corrected chi connectivity index (χ0v) is 12.3. The van der Waals surface area contributed by atoms with Crippen LogP contribution in [0.5, 0.6) is 0 Å². The molecule has 1 saturated heterocycles. The molecule has 1 aliphatic heterocycles. The molecule has 2 aromatic rings. The van der Waals surface area contributed by atoms with Crippen LogP contribution in [0.1, 0.15) is 12.1 Å². The van der Waals surface area contributed by atoms with Gasteiger partial charge in [0.2, 0.25) is 0 Å². The molecule has 0 unspecified atom stereocenters. The van der Waals surface area contributed by atoms with Crippen LogP contribution in [-0.4, -0.2) is 38.7 Å². The summed E-state index contributed by atoms with van der Waals surface area (Å²) < 4.78 is 39.3. The molecule has 0 bridgehead atoms. The quantitative estimate of drug-likeness (QED) is 0.924. The molecule has 0 spiro atoms. The number of alkyl halides is 3. The van der Waals surface area contributed by atoms with Crippen LogP contribution in [0.25, 0.3) is 11.4 Å². The number of anilines is 1. The lowest BCUT2D eigenvalue weighted by Gasteiger charge is -2.46. The highest BCUT2D eigenvalue weighted by Gasteiger charge is 2.43. The molecule has 3 heterocycles. The van der Waals surface area contributed by atoms with Crippen molar-refractivity contribution in [2.45, 2.75) is 18.2 Å². The molecule has 0 amide bonds. The van der Waals surface area contributed by atoms with E-state index in [0.717, 1.165) is 6.07 Å². The molecule has 0 aromatic carbocycles. The number of hydrogen-bond donors (Lipinski definition) is 1. The fourth-order valence-corrected chi connectivity index (χ4v) is 2.45. The Hall–Kier alpha value is -2.73. The lowest BCUT2D eigenvalue weighted by atomic mass is 9.91. The Bertz CT molecular complexity index is 782. The molecule has 24 heavy (non-hydrogen) atoms. The van der Waals surface area contributed by atoms with E-state index in [1.165, 1.54) is 17.3 Å². The van der Waals surface area contributed by atoms with Crippen LogP contribution in [-0.2, 0) is 6.18 Å². The maximum Gasteiger partial charge on any atom is 0.433 e. The van der Waals surface area contributed by atoms with Crippen LogP contribution in [0, 0.1) is 11.3 Å². The van der Waals surface area contributed by atoms with Crippen LogP contribution in [0.2, 0.25) is 0 Å². The van der Waals surface area contributed by atoms with E-state index in [0.29, 0.717) is 5.56 Å². The van der Waals surface area contributed by atoms with E-state index in [4.69, 9.17) is 5.26 Å². The summed E-state index contributed by atoms with van der Waals surface area (Å²) in [5.74, 6) is -0.0394. The second kappa shape index (κ2) is 5.72. The molecule has 1 N–H and O–H groups in total. The number of hydrogen-bond acceptors (Lipinski definition) is 6. The molecule has 2 aromatic heterocycles. The van der Waals surface area contributed by atoms with Crippen molar-refractivity contribution < 1.29 is 18.3 Å². The minimum atomic E-state index is -4.62. The highest BCUT2D eigenvalue weighted by molar-refractivity contribution is 5.58. The van der Waals surface area contributed by atoms with E-state index in [1.807, 2.05) is 6.07 Å². The lowest BCUT2D eigenvalue weighted by molar-refractivity contribution is -0.141. The van der Waals surface area contributed by atoms with Crippen molar-refractivity contribution in [2.24, 2.45) is 0 Å². The van der Waals surface area contributed by atoms with Gasteiger partial charge in [-0.25, -0.2) is 9.97 Å². The summed E-state index contributed by atoms with van der Waals surface area (Å²) in [5, 5.41) is 18.7. The third-order valence-electron chi connectivity index (χ3n) is 3.63. The Morgan fingerprint density at radius 3 is 2.67 bits per heavy atom. The monoisotopic (exact) mass is 335 g/mol. The number of rotatable bonds is 3. The van der Waals surface area contributed by atoms with Crippen LogP contribution in [0.4, 0.5) is 19.0 Å². The fourth-order valence-electron chi connectivity index (χ4n) is 2.45. The van der Waals surface area contributed by atoms with Crippen molar-refractivity contribution in [3.63, 3.8) is 0 Å². The first kappa shape index (κ1) is 16.1. The minimum absolute atomic E-state index is 0.0430. The summed E-state index contributed by atoms with van der Waals surface area (Å²) in [7, 11) is 0. The van der Waals surface area contributed by atoms with Crippen molar-refractivity contribution in [3.8, 4) is 17.5 Å². The maximum absolute atomic E-state index is 13.1. The smallest absolute Gasteiger partial charge is 0.385 e. The van der Waals surface area contributed by atoms with E-state index in [9.17, 15) is 18.3 Å².